The molecule has 5 heteroatoms. The van der Waals surface area contributed by atoms with Crippen LogP contribution in [0.15, 0.2) is 23.4 Å². The van der Waals surface area contributed by atoms with E-state index in [-0.39, 0.29) is 0 Å². The summed E-state index contributed by atoms with van der Waals surface area (Å²) < 4.78 is 3.12. The number of rotatable bonds is 2. The molecule has 0 bridgehead atoms. The van der Waals surface area contributed by atoms with Crippen LogP contribution < -0.4 is 10.5 Å². The largest absolute Gasteiger partial charge is 0.399 e. The molecule has 1 aromatic carbocycles. The molecule has 0 saturated carbocycles. The first kappa shape index (κ1) is 10.0. The third-order valence-electron chi connectivity index (χ3n) is 2.11. The van der Waals surface area contributed by atoms with Gasteiger partial charge in [0.05, 0.1) is 10.2 Å². The van der Waals surface area contributed by atoms with Crippen LogP contribution in [0.5, 0.6) is 0 Å². The molecule has 0 unspecified atom stereocenters. The number of thiazole rings is 1. The van der Waals surface area contributed by atoms with Crippen molar-refractivity contribution >= 4 is 27.2 Å². The van der Waals surface area contributed by atoms with Gasteiger partial charge in [-0.25, -0.2) is 0 Å². The van der Waals surface area contributed by atoms with E-state index in [1.807, 2.05) is 36.7 Å². The van der Waals surface area contributed by atoms with Crippen molar-refractivity contribution in [1.82, 2.24) is 4.57 Å². The van der Waals surface area contributed by atoms with E-state index >= 15 is 0 Å². The molecule has 2 aromatic rings. The second-order valence-electron chi connectivity index (χ2n) is 3.18. The molecule has 80 valence electrons. The minimum absolute atomic E-state index is 0.580. The molecule has 0 aliphatic carbocycles. The first-order valence-electron chi connectivity index (χ1n) is 4.73. The lowest BCUT2D eigenvalue weighted by molar-refractivity contribution is 0.146. The number of nitrogens with zero attached hydrogens (tertiary/aromatic N) is 2. The molecule has 0 amide bonds. The number of nitrogen functional groups attached to an aromatic ring is 1. The molecule has 2 rings (SSSR count). The van der Waals surface area contributed by atoms with Crippen LogP contribution in [0.3, 0.4) is 0 Å². The highest BCUT2D eigenvalue weighted by molar-refractivity contribution is 7.16. The minimum atomic E-state index is 0.580. The highest BCUT2D eigenvalue weighted by Crippen LogP contribution is 2.19. The Labute approximate surface area is 91.6 Å². The molecule has 15 heavy (non-hydrogen) atoms. The number of fused-ring (bicyclic) bond motifs is 1. The second-order valence-corrected chi connectivity index (χ2v) is 4.19. The summed E-state index contributed by atoms with van der Waals surface area (Å²) in [6, 6.07) is 5.83. The number of nitrogens with two attached hydrogens (primary N) is 1. The minimum Gasteiger partial charge on any atom is -0.399 e. The zero-order valence-electron chi connectivity index (χ0n) is 8.73. The maximum atomic E-state index is 5.72. The van der Waals surface area contributed by atoms with Crippen LogP contribution in [0.2, 0.25) is 0 Å². The van der Waals surface area contributed by atoms with E-state index in [9.17, 15) is 0 Å². The van der Waals surface area contributed by atoms with E-state index < -0.39 is 0 Å². The van der Waals surface area contributed by atoms with E-state index in [1.54, 1.807) is 11.3 Å². The third-order valence-corrected chi connectivity index (χ3v) is 3.18. The van der Waals surface area contributed by atoms with Gasteiger partial charge in [-0.05, 0) is 25.1 Å². The van der Waals surface area contributed by atoms with E-state index in [1.165, 1.54) is 0 Å². The van der Waals surface area contributed by atoms with Crippen LogP contribution in [0.25, 0.3) is 10.2 Å². The van der Waals surface area contributed by atoms with Crippen molar-refractivity contribution in [2.24, 2.45) is 12.2 Å². The van der Waals surface area contributed by atoms with Crippen molar-refractivity contribution in [3.8, 4) is 0 Å². The SMILES string of the molecule is CCON=c1sc2cc(N)ccc2n1C. The van der Waals surface area contributed by atoms with Crippen molar-refractivity contribution in [3.63, 3.8) is 0 Å². The summed E-state index contributed by atoms with van der Waals surface area (Å²) in [5.41, 5.74) is 7.61. The standard InChI is InChI=1S/C10H13N3OS/c1-3-14-12-10-13(2)8-5-4-7(11)6-9(8)15-10/h4-6H,3,11H2,1-2H3. The third kappa shape index (κ3) is 1.83. The van der Waals surface area contributed by atoms with Crippen LogP contribution >= 0.6 is 11.3 Å². The molecular formula is C10H13N3OS. The molecule has 0 saturated heterocycles. The predicted octanol–water partition coefficient (Wildman–Crippen LogP) is 1.67. The Morgan fingerprint density at radius 1 is 1.53 bits per heavy atom. The molecule has 1 heterocycles. The highest BCUT2D eigenvalue weighted by atomic mass is 32.1. The number of benzene rings is 1. The topological polar surface area (TPSA) is 52.5 Å². The van der Waals surface area contributed by atoms with Gasteiger partial charge in [0.25, 0.3) is 0 Å². The van der Waals surface area contributed by atoms with Crippen molar-refractivity contribution < 1.29 is 4.84 Å². The van der Waals surface area contributed by atoms with Crippen LogP contribution in [-0.2, 0) is 11.9 Å². The van der Waals surface area contributed by atoms with Crippen molar-refractivity contribution in [2.45, 2.75) is 6.92 Å². The fourth-order valence-corrected chi connectivity index (χ4v) is 2.39. The normalized spacial score (nSPS) is 12.3. The summed E-state index contributed by atoms with van der Waals surface area (Å²) in [5, 5.41) is 4.03. The molecule has 0 spiro atoms. The summed E-state index contributed by atoms with van der Waals surface area (Å²) in [4.78, 5) is 5.89. The molecule has 0 radical (unpaired) electrons. The Balaban J connectivity index is 2.64. The Bertz CT molecular complexity index is 541. The van der Waals surface area contributed by atoms with Gasteiger partial charge in [-0.15, -0.1) is 0 Å². The van der Waals surface area contributed by atoms with Crippen LogP contribution in [-0.4, -0.2) is 11.2 Å². The maximum absolute atomic E-state index is 5.72. The van der Waals surface area contributed by atoms with Crippen molar-refractivity contribution in [1.29, 1.82) is 0 Å². The molecule has 0 atom stereocenters. The second kappa shape index (κ2) is 3.94. The molecule has 2 N–H and O–H groups in total. The van der Waals surface area contributed by atoms with Gasteiger partial charge in [-0.2, -0.15) is 0 Å². The fraction of sp³-hybridized carbons (Fsp3) is 0.300. The maximum Gasteiger partial charge on any atom is 0.228 e. The summed E-state index contributed by atoms with van der Waals surface area (Å²) in [5.74, 6) is 0. The summed E-state index contributed by atoms with van der Waals surface area (Å²) in [6.45, 7) is 2.49. The average molecular weight is 223 g/mol. The number of aryl methyl sites for hydroxylation is 1. The molecular weight excluding hydrogens is 210 g/mol. The number of hydrogen-bond donors (Lipinski definition) is 1. The molecule has 4 nitrogen and oxygen atoms in total. The van der Waals surface area contributed by atoms with Gasteiger partial charge >= 0.3 is 0 Å². The zero-order chi connectivity index (χ0) is 10.8. The van der Waals surface area contributed by atoms with Gasteiger partial charge in [0.1, 0.15) is 6.61 Å². The van der Waals surface area contributed by atoms with Crippen molar-refractivity contribution in [2.75, 3.05) is 12.3 Å². The molecule has 0 aliphatic heterocycles. The molecule has 0 aliphatic rings. The Kier molecular flexibility index (Phi) is 2.64. The number of hydrogen-bond acceptors (Lipinski definition) is 4. The quantitative estimate of drug-likeness (QED) is 0.622. The van der Waals surface area contributed by atoms with E-state index in [4.69, 9.17) is 10.6 Å². The lowest BCUT2D eigenvalue weighted by Crippen LogP contribution is -2.10. The van der Waals surface area contributed by atoms with E-state index in [0.29, 0.717) is 6.61 Å². The summed E-state index contributed by atoms with van der Waals surface area (Å²) in [7, 11) is 1.97. The predicted molar refractivity (Wildman–Crippen MR) is 62.4 cm³/mol. The van der Waals surface area contributed by atoms with Gasteiger partial charge in [0, 0.05) is 12.7 Å². The lowest BCUT2D eigenvalue weighted by atomic mass is 10.3. The van der Waals surface area contributed by atoms with Gasteiger partial charge in [0.2, 0.25) is 4.80 Å². The Morgan fingerprint density at radius 3 is 3.07 bits per heavy atom. The lowest BCUT2D eigenvalue weighted by Gasteiger charge is -1.95. The van der Waals surface area contributed by atoms with Gasteiger partial charge in [0.15, 0.2) is 0 Å². The Morgan fingerprint density at radius 2 is 2.33 bits per heavy atom. The Hall–Kier alpha value is -1.49. The molecule has 1 aromatic heterocycles. The smallest absolute Gasteiger partial charge is 0.228 e. The average Bonchev–Trinajstić information content (AvgIpc) is 2.52. The first-order valence-corrected chi connectivity index (χ1v) is 5.55. The highest BCUT2D eigenvalue weighted by Gasteiger charge is 2.02. The summed E-state index contributed by atoms with van der Waals surface area (Å²) in [6.07, 6.45) is 0. The van der Waals surface area contributed by atoms with Crippen LogP contribution in [0, 0.1) is 0 Å². The van der Waals surface area contributed by atoms with E-state index in [2.05, 4.69) is 5.16 Å². The van der Waals surface area contributed by atoms with Crippen LogP contribution in [0.1, 0.15) is 6.92 Å². The van der Waals surface area contributed by atoms with Gasteiger partial charge < -0.3 is 15.1 Å². The first-order chi connectivity index (χ1) is 7.22. The van der Waals surface area contributed by atoms with Crippen molar-refractivity contribution in [3.05, 3.63) is 23.0 Å². The monoisotopic (exact) mass is 223 g/mol. The molecule has 0 fully saturated rings. The van der Waals surface area contributed by atoms with Gasteiger partial charge in [-0.1, -0.05) is 16.5 Å². The van der Waals surface area contributed by atoms with Crippen LogP contribution in [0.4, 0.5) is 5.69 Å². The van der Waals surface area contributed by atoms with E-state index in [0.717, 1.165) is 20.7 Å². The number of anilines is 1. The van der Waals surface area contributed by atoms with Gasteiger partial charge in [-0.3, -0.25) is 0 Å². The zero-order valence-corrected chi connectivity index (χ0v) is 9.54. The fourth-order valence-electron chi connectivity index (χ4n) is 1.36. The number of aromatic nitrogens is 1. The summed E-state index contributed by atoms with van der Waals surface area (Å²) >= 11 is 1.57.